The first-order chi connectivity index (χ1) is 15.2. The second kappa shape index (κ2) is 10.9. The number of piperazine rings is 1. The molecule has 1 unspecified atom stereocenters. The van der Waals surface area contributed by atoms with Gasteiger partial charge in [-0.25, -0.2) is 8.42 Å². The summed E-state index contributed by atoms with van der Waals surface area (Å²) in [6.45, 7) is 9.65. The Hall–Kier alpha value is -2.42. The predicted octanol–water partition coefficient (Wildman–Crippen LogP) is 2.22. The number of nitrogens with one attached hydrogen (secondary N) is 2. The fourth-order valence-electron chi connectivity index (χ4n) is 4.02. The van der Waals surface area contributed by atoms with E-state index in [0.717, 1.165) is 45.4 Å². The number of hydrogen-bond acceptors (Lipinski definition) is 5. The first-order valence-electron chi connectivity index (χ1n) is 11.1. The van der Waals surface area contributed by atoms with Crippen molar-refractivity contribution in [2.24, 2.45) is 0 Å². The number of sulfonamides is 1. The normalized spacial score (nSPS) is 16.0. The highest BCUT2D eigenvalue weighted by Gasteiger charge is 2.24. The quantitative estimate of drug-likeness (QED) is 0.563. The van der Waals surface area contributed by atoms with Crippen molar-refractivity contribution < 1.29 is 13.2 Å². The zero-order chi connectivity index (χ0) is 23.1. The van der Waals surface area contributed by atoms with Crippen molar-refractivity contribution in [2.75, 3.05) is 50.4 Å². The molecule has 1 amide bonds. The van der Waals surface area contributed by atoms with Crippen LogP contribution >= 0.6 is 0 Å². The fraction of sp³-hybridized carbons (Fsp3) is 0.458. The number of aryl methyl sites for hydroxylation is 2. The topological polar surface area (TPSA) is 81.8 Å². The molecule has 1 heterocycles. The molecule has 0 bridgehead atoms. The number of hydrogen-bond donors (Lipinski definition) is 2. The molecule has 2 aromatic carbocycles. The highest BCUT2D eigenvalue weighted by molar-refractivity contribution is 7.88. The summed E-state index contributed by atoms with van der Waals surface area (Å²) in [5.74, 6) is -0.332. The molecule has 2 N–H and O–H groups in total. The number of anilines is 1. The fourth-order valence-corrected chi connectivity index (χ4v) is 4.69. The van der Waals surface area contributed by atoms with Crippen LogP contribution in [0.2, 0.25) is 0 Å². The van der Waals surface area contributed by atoms with Crippen LogP contribution in [0.4, 0.5) is 5.69 Å². The summed E-state index contributed by atoms with van der Waals surface area (Å²) < 4.78 is 25.9. The van der Waals surface area contributed by atoms with Gasteiger partial charge in [-0.3, -0.25) is 9.69 Å². The Morgan fingerprint density at radius 2 is 1.72 bits per heavy atom. The first-order valence-corrected chi connectivity index (χ1v) is 13.0. The molecule has 1 saturated heterocycles. The molecular weight excluding hydrogens is 424 g/mol. The summed E-state index contributed by atoms with van der Waals surface area (Å²) in [7, 11) is -3.52. The summed E-state index contributed by atoms with van der Waals surface area (Å²) in [6.07, 6.45) is 1.88. The number of nitrogens with zero attached hydrogens (tertiary/aromatic N) is 2. The van der Waals surface area contributed by atoms with Crippen LogP contribution in [0.25, 0.3) is 0 Å². The van der Waals surface area contributed by atoms with E-state index in [0.29, 0.717) is 12.1 Å². The van der Waals surface area contributed by atoms with E-state index in [1.807, 2.05) is 6.07 Å². The van der Waals surface area contributed by atoms with Gasteiger partial charge in [0.1, 0.15) is 6.04 Å². The van der Waals surface area contributed by atoms with Gasteiger partial charge in [0.25, 0.3) is 0 Å². The molecular formula is C24H34N4O3S. The lowest BCUT2D eigenvalue weighted by molar-refractivity contribution is -0.122. The van der Waals surface area contributed by atoms with Crippen LogP contribution in [-0.4, -0.2) is 64.7 Å². The summed E-state index contributed by atoms with van der Waals surface area (Å²) in [5.41, 5.74) is 4.53. The highest BCUT2D eigenvalue weighted by atomic mass is 32.2. The Morgan fingerprint density at radius 3 is 2.38 bits per heavy atom. The van der Waals surface area contributed by atoms with Gasteiger partial charge < -0.3 is 10.2 Å². The monoisotopic (exact) mass is 458 g/mol. The van der Waals surface area contributed by atoms with E-state index in [-0.39, 0.29) is 5.91 Å². The van der Waals surface area contributed by atoms with Crippen LogP contribution in [0.3, 0.4) is 0 Å². The molecule has 1 aliphatic rings. The maximum atomic E-state index is 12.7. The largest absolute Gasteiger partial charge is 0.369 e. The van der Waals surface area contributed by atoms with E-state index in [2.05, 4.69) is 51.9 Å². The van der Waals surface area contributed by atoms with E-state index >= 15 is 0 Å². The van der Waals surface area contributed by atoms with Crippen molar-refractivity contribution in [3.8, 4) is 0 Å². The third kappa shape index (κ3) is 7.05. The van der Waals surface area contributed by atoms with Gasteiger partial charge in [0.2, 0.25) is 15.9 Å². The lowest BCUT2D eigenvalue weighted by Gasteiger charge is -2.37. The SMILES string of the molecule is Cc1ccc(C)c(N2CCN(CCCNC(=O)C(NS(C)(=O)=O)c3ccccc3)CC2)c1. The minimum Gasteiger partial charge on any atom is -0.369 e. The van der Waals surface area contributed by atoms with Crippen molar-refractivity contribution in [3.05, 3.63) is 65.2 Å². The zero-order valence-corrected chi connectivity index (χ0v) is 20.0. The number of benzene rings is 2. The molecule has 0 aromatic heterocycles. The van der Waals surface area contributed by atoms with Gasteiger partial charge in [-0.15, -0.1) is 0 Å². The third-order valence-corrected chi connectivity index (χ3v) is 6.42. The number of carbonyl (C=O) groups excluding carboxylic acids is 1. The second-order valence-corrected chi connectivity index (χ2v) is 10.3. The number of amides is 1. The predicted molar refractivity (Wildman–Crippen MR) is 129 cm³/mol. The van der Waals surface area contributed by atoms with Crippen molar-refractivity contribution in [3.63, 3.8) is 0 Å². The van der Waals surface area contributed by atoms with Gasteiger partial charge in [-0.1, -0.05) is 42.5 Å². The van der Waals surface area contributed by atoms with E-state index in [9.17, 15) is 13.2 Å². The average molecular weight is 459 g/mol. The molecule has 7 nitrogen and oxygen atoms in total. The third-order valence-electron chi connectivity index (χ3n) is 5.75. The molecule has 2 aromatic rings. The molecule has 0 radical (unpaired) electrons. The van der Waals surface area contributed by atoms with Gasteiger partial charge in [0.15, 0.2) is 0 Å². The van der Waals surface area contributed by atoms with E-state index in [4.69, 9.17) is 0 Å². The molecule has 32 heavy (non-hydrogen) atoms. The molecule has 0 spiro atoms. The van der Waals surface area contributed by atoms with E-state index < -0.39 is 16.1 Å². The smallest absolute Gasteiger partial charge is 0.242 e. The molecule has 1 aliphatic heterocycles. The highest BCUT2D eigenvalue weighted by Crippen LogP contribution is 2.22. The molecule has 8 heteroatoms. The van der Waals surface area contributed by atoms with Crippen molar-refractivity contribution >= 4 is 21.6 Å². The van der Waals surface area contributed by atoms with Crippen LogP contribution in [0.15, 0.2) is 48.5 Å². The minimum atomic E-state index is -3.52. The van der Waals surface area contributed by atoms with Gasteiger partial charge in [-0.05, 0) is 49.6 Å². The average Bonchev–Trinajstić information content (AvgIpc) is 2.77. The molecule has 1 atom stereocenters. The van der Waals surface area contributed by atoms with E-state index in [1.54, 1.807) is 24.3 Å². The first kappa shape index (κ1) is 24.2. The van der Waals surface area contributed by atoms with Gasteiger partial charge in [0.05, 0.1) is 6.26 Å². The molecule has 0 saturated carbocycles. The molecule has 1 fully saturated rings. The van der Waals surface area contributed by atoms with Gasteiger partial charge >= 0.3 is 0 Å². The lowest BCUT2D eigenvalue weighted by atomic mass is 10.1. The lowest BCUT2D eigenvalue weighted by Crippen LogP contribution is -2.47. The molecule has 0 aliphatic carbocycles. The Balaban J connectivity index is 1.44. The Labute approximate surface area is 191 Å². The van der Waals surface area contributed by atoms with Crippen LogP contribution in [0, 0.1) is 13.8 Å². The van der Waals surface area contributed by atoms with Crippen LogP contribution < -0.4 is 14.9 Å². The van der Waals surface area contributed by atoms with Crippen LogP contribution in [0.5, 0.6) is 0 Å². The van der Waals surface area contributed by atoms with Crippen molar-refractivity contribution in [1.29, 1.82) is 0 Å². The van der Waals surface area contributed by atoms with Crippen molar-refractivity contribution in [2.45, 2.75) is 26.3 Å². The van der Waals surface area contributed by atoms with Gasteiger partial charge in [0, 0.05) is 38.4 Å². The maximum absolute atomic E-state index is 12.7. The summed E-state index contributed by atoms with van der Waals surface area (Å²) in [4.78, 5) is 17.5. The van der Waals surface area contributed by atoms with Crippen LogP contribution in [-0.2, 0) is 14.8 Å². The maximum Gasteiger partial charge on any atom is 0.242 e. The number of rotatable bonds is 9. The van der Waals surface area contributed by atoms with Crippen molar-refractivity contribution in [1.82, 2.24) is 14.9 Å². The Morgan fingerprint density at radius 1 is 1.03 bits per heavy atom. The minimum absolute atomic E-state index is 0.332. The summed E-state index contributed by atoms with van der Waals surface area (Å²) in [6, 6.07) is 14.6. The van der Waals surface area contributed by atoms with E-state index in [1.165, 1.54) is 16.8 Å². The standard InChI is InChI=1S/C24H34N4O3S/c1-19-10-11-20(2)22(18-19)28-16-14-27(15-17-28)13-7-12-25-24(29)23(26-32(3,30)31)21-8-5-4-6-9-21/h4-6,8-11,18,23,26H,7,12-17H2,1-3H3,(H,25,29). The second-order valence-electron chi connectivity index (χ2n) is 8.50. The van der Waals surface area contributed by atoms with Crippen LogP contribution in [0.1, 0.15) is 29.2 Å². The molecule has 174 valence electrons. The summed E-state index contributed by atoms with van der Waals surface area (Å²) >= 11 is 0. The number of carbonyl (C=O) groups is 1. The Bertz CT molecular complexity index is 1000. The zero-order valence-electron chi connectivity index (χ0n) is 19.2. The Kier molecular flexibility index (Phi) is 8.28. The molecule has 3 rings (SSSR count). The summed E-state index contributed by atoms with van der Waals surface area (Å²) in [5, 5.41) is 2.89. The van der Waals surface area contributed by atoms with Gasteiger partial charge in [-0.2, -0.15) is 4.72 Å².